The number of anilines is 1. The van der Waals surface area contributed by atoms with Gasteiger partial charge < -0.3 is 15.4 Å². The zero-order valence-electron chi connectivity index (χ0n) is 15.4. The molecular formula is C21H24N2O3. The number of amides is 2. The third-order valence-corrected chi connectivity index (χ3v) is 4.27. The van der Waals surface area contributed by atoms with Crippen LogP contribution in [0.15, 0.2) is 36.4 Å². The molecular weight excluding hydrogens is 328 g/mol. The Morgan fingerprint density at radius 2 is 1.77 bits per heavy atom. The van der Waals surface area contributed by atoms with Crippen LogP contribution in [0.2, 0.25) is 0 Å². The minimum Gasteiger partial charge on any atom is -0.483 e. The zero-order valence-corrected chi connectivity index (χ0v) is 15.4. The van der Waals surface area contributed by atoms with Crippen LogP contribution in [-0.2, 0) is 4.79 Å². The molecule has 2 N–H and O–H groups in total. The molecule has 1 aliphatic carbocycles. The number of benzene rings is 2. The fourth-order valence-electron chi connectivity index (χ4n) is 2.96. The molecule has 5 heteroatoms. The molecule has 1 saturated carbocycles. The van der Waals surface area contributed by atoms with Crippen LogP contribution in [0, 0.1) is 20.8 Å². The normalized spacial score (nSPS) is 13.2. The fourth-order valence-corrected chi connectivity index (χ4v) is 2.96. The van der Waals surface area contributed by atoms with Crippen molar-refractivity contribution >= 4 is 17.5 Å². The van der Waals surface area contributed by atoms with E-state index in [-0.39, 0.29) is 18.4 Å². The fraction of sp³-hybridized carbons (Fsp3) is 0.333. The summed E-state index contributed by atoms with van der Waals surface area (Å²) >= 11 is 0. The summed E-state index contributed by atoms with van der Waals surface area (Å²) in [4.78, 5) is 24.3. The summed E-state index contributed by atoms with van der Waals surface area (Å²) in [7, 11) is 0. The van der Waals surface area contributed by atoms with Crippen molar-refractivity contribution in [1.82, 2.24) is 5.32 Å². The smallest absolute Gasteiger partial charge is 0.262 e. The molecule has 1 fully saturated rings. The lowest BCUT2D eigenvalue weighted by molar-refractivity contribution is -0.118. The monoisotopic (exact) mass is 352 g/mol. The standard InChI is InChI=1S/C21H24N2O3/c1-13-9-14(2)20(15(3)10-13)26-12-19(24)22-18-6-4-5-16(11-18)21(25)23-17-7-8-17/h4-6,9-11,17H,7-8,12H2,1-3H3,(H,22,24)(H,23,25). The van der Waals surface area contributed by atoms with Crippen LogP contribution in [0.4, 0.5) is 5.69 Å². The molecule has 2 amide bonds. The Kier molecular flexibility index (Phi) is 5.26. The molecule has 0 bridgehead atoms. The van der Waals surface area contributed by atoms with Gasteiger partial charge in [0.05, 0.1) is 0 Å². The second-order valence-corrected chi connectivity index (χ2v) is 6.89. The minimum atomic E-state index is -0.260. The number of hydrogen-bond acceptors (Lipinski definition) is 3. The van der Waals surface area contributed by atoms with Gasteiger partial charge >= 0.3 is 0 Å². The van der Waals surface area contributed by atoms with Gasteiger partial charge in [-0.1, -0.05) is 23.8 Å². The van der Waals surface area contributed by atoms with Crippen LogP contribution >= 0.6 is 0 Å². The van der Waals surface area contributed by atoms with Gasteiger partial charge in [-0.2, -0.15) is 0 Å². The summed E-state index contributed by atoms with van der Waals surface area (Å²) in [6.45, 7) is 5.89. The topological polar surface area (TPSA) is 67.4 Å². The highest BCUT2D eigenvalue weighted by molar-refractivity contribution is 5.97. The predicted octanol–water partition coefficient (Wildman–Crippen LogP) is 3.52. The van der Waals surface area contributed by atoms with E-state index < -0.39 is 0 Å². The molecule has 0 heterocycles. The van der Waals surface area contributed by atoms with Crippen molar-refractivity contribution in [2.45, 2.75) is 39.7 Å². The highest BCUT2D eigenvalue weighted by Gasteiger charge is 2.23. The Bertz CT molecular complexity index is 818. The largest absolute Gasteiger partial charge is 0.483 e. The van der Waals surface area contributed by atoms with E-state index in [0.29, 0.717) is 17.3 Å². The van der Waals surface area contributed by atoms with Crippen molar-refractivity contribution in [3.05, 3.63) is 58.7 Å². The minimum absolute atomic E-state index is 0.0801. The lowest BCUT2D eigenvalue weighted by atomic mass is 10.1. The van der Waals surface area contributed by atoms with Crippen molar-refractivity contribution in [2.24, 2.45) is 0 Å². The molecule has 0 atom stereocenters. The average molecular weight is 352 g/mol. The molecule has 0 aromatic heterocycles. The number of nitrogens with one attached hydrogen (secondary N) is 2. The van der Waals surface area contributed by atoms with E-state index in [9.17, 15) is 9.59 Å². The molecule has 0 spiro atoms. The molecule has 5 nitrogen and oxygen atoms in total. The SMILES string of the molecule is Cc1cc(C)c(OCC(=O)Nc2cccc(C(=O)NC3CC3)c2)c(C)c1. The Hall–Kier alpha value is -2.82. The van der Waals surface area contributed by atoms with E-state index >= 15 is 0 Å². The predicted molar refractivity (Wildman–Crippen MR) is 102 cm³/mol. The summed E-state index contributed by atoms with van der Waals surface area (Å²) < 4.78 is 5.70. The van der Waals surface area contributed by atoms with E-state index in [2.05, 4.69) is 10.6 Å². The first kappa shape index (κ1) is 18.0. The van der Waals surface area contributed by atoms with Crippen LogP contribution in [0.3, 0.4) is 0 Å². The third kappa shape index (κ3) is 4.63. The molecule has 0 radical (unpaired) electrons. The van der Waals surface area contributed by atoms with Crippen molar-refractivity contribution < 1.29 is 14.3 Å². The number of hydrogen-bond donors (Lipinski definition) is 2. The molecule has 136 valence electrons. The second-order valence-electron chi connectivity index (χ2n) is 6.89. The highest BCUT2D eigenvalue weighted by Crippen LogP contribution is 2.24. The number of rotatable bonds is 6. The summed E-state index contributed by atoms with van der Waals surface area (Å²) in [5.74, 6) is 0.373. The number of aryl methyl sites for hydroxylation is 3. The van der Waals surface area contributed by atoms with Gasteiger partial charge in [-0.05, 0) is 62.9 Å². The van der Waals surface area contributed by atoms with Crippen LogP contribution in [-0.4, -0.2) is 24.5 Å². The van der Waals surface area contributed by atoms with Gasteiger partial charge in [0.25, 0.3) is 11.8 Å². The quantitative estimate of drug-likeness (QED) is 0.836. The van der Waals surface area contributed by atoms with Gasteiger partial charge in [0.1, 0.15) is 5.75 Å². The lowest BCUT2D eigenvalue weighted by Gasteiger charge is -2.13. The summed E-state index contributed by atoms with van der Waals surface area (Å²) in [5, 5.41) is 5.72. The third-order valence-electron chi connectivity index (χ3n) is 4.27. The van der Waals surface area contributed by atoms with Crippen molar-refractivity contribution in [2.75, 3.05) is 11.9 Å². The number of carbonyl (C=O) groups is 2. The van der Waals surface area contributed by atoms with E-state index in [0.717, 1.165) is 35.3 Å². The first-order valence-corrected chi connectivity index (χ1v) is 8.84. The zero-order chi connectivity index (χ0) is 18.7. The first-order valence-electron chi connectivity index (χ1n) is 8.84. The van der Waals surface area contributed by atoms with E-state index in [1.165, 1.54) is 0 Å². The van der Waals surface area contributed by atoms with Gasteiger partial charge in [-0.3, -0.25) is 9.59 Å². The molecule has 0 unspecified atom stereocenters. The van der Waals surface area contributed by atoms with Crippen molar-refractivity contribution in [1.29, 1.82) is 0 Å². The molecule has 2 aromatic rings. The van der Waals surface area contributed by atoms with E-state index in [1.807, 2.05) is 32.9 Å². The van der Waals surface area contributed by atoms with Crippen LogP contribution in [0.1, 0.15) is 39.9 Å². The molecule has 2 aromatic carbocycles. The Morgan fingerprint density at radius 1 is 1.08 bits per heavy atom. The van der Waals surface area contributed by atoms with Crippen molar-refractivity contribution in [3.8, 4) is 5.75 Å². The Morgan fingerprint density at radius 3 is 2.42 bits per heavy atom. The maximum Gasteiger partial charge on any atom is 0.262 e. The highest BCUT2D eigenvalue weighted by atomic mass is 16.5. The number of carbonyl (C=O) groups excluding carboxylic acids is 2. The second kappa shape index (κ2) is 7.60. The Balaban J connectivity index is 1.59. The van der Waals surface area contributed by atoms with Gasteiger partial charge in [0.15, 0.2) is 6.61 Å². The average Bonchev–Trinajstić information content (AvgIpc) is 3.38. The van der Waals surface area contributed by atoms with Crippen LogP contribution in [0.25, 0.3) is 0 Å². The van der Waals surface area contributed by atoms with Crippen LogP contribution < -0.4 is 15.4 Å². The number of ether oxygens (including phenoxy) is 1. The lowest BCUT2D eigenvalue weighted by Crippen LogP contribution is -2.25. The molecule has 1 aliphatic rings. The van der Waals surface area contributed by atoms with Gasteiger partial charge in [0, 0.05) is 17.3 Å². The summed E-state index contributed by atoms with van der Waals surface area (Å²) in [6.07, 6.45) is 2.08. The van der Waals surface area contributed by atoms with Crippen LogP contribution in [0.5, 0.6) is 5.75 Å². The summed E-state index contributed by atoms with van der Waals surface area (Å²) in [6, 6.07) is 11.3. The van der Waals surface area contributed by atoms with Gasteiger partial charge in [-0.25, -0.2) is 0 Å². The first-order chi connectivity index (χ1) is 12.4. The molecule has 26 heavy (non-hydrogen) atoms. The molecule has 3 rings (SSSR count). The summed E-state index contributed by atoms with van der Waals surface area (Å²) in [5.41, 5.74) is 4.31. The van der Waals surface area contributed by atoms with Gasteiger partial charge in [0.2, 0.25) is 0 Å². The van der Waals surface area contributed by atoms with Gasteiger partial charge in [-0.15, -0.1) is 0 Å². The Labute approximate surface area is 153 Å². The van der Waals surface area contributed by atoms with E-state index in [1.54, 1.807) is 24.3 Å². The molecule has 0 saturated heterocycles. The maximum atomic E-state index is 12.2. The van der Waals surface area contributed by atoms with E-state index in [4.69, 9.17) is 4.74 Å². The molecule has 0 aliphatic heterocycles. The maximum absolute atomic E-state index is 12.2. The van der Waals surface area contributed by atoms with Crippen molar-refractivity contribution in [3.63, 3.8) is 0 Å².